The van der Waals surface area contributed by atoms with Crippen LogP contribution in [-0.2, 0) is 24.3 Å². The Balaban J connectivity index is 1.76. The van der Waals surface area contributed by atoms with Gasteiger partial charge in [-0.2, -0.15) is 0 Å². The molecule has 0 spiro atoms. The summed E-state index contributed by atoms with van der Waals surface area (Å²) in [5, 5.41) is 6.06. The average Bonchev–Trinajstić information content (AvgIpc) is 2.54. The van der Waals surface area contributed by atoms with Crippen LogP contribution in [0.1, 0.15) is 30.0 Å². The van der Waals surface area contributed by atoms with Crippen LogP contribution >= 0.6 is 0 Å². The fraction of sp³-hybridized carbons (Fsp3) is 0.350. The smallest absolute Gasteiger partial charge is 0.220 e. The molecule has 1 amide bonds. The van der Waals surface area contributed by atoms with Gasteiger partial charge in [0.05, 0.1) is 0 Å². The van der Waals surface area contributed by atoms with Crippen molar-refractivity contribution < 1.29 is 9.18 Å². The van der Waals surface area contributed by atoms with Crippen LogP contribution in [0.5, 0.6) is 0 Å². The van der Waals surface area contributed by atoms with Crippen molar-refractivity contribution in [2.75, 3.05) is 7.05 Å². The monoisotopic (exact) mass is 328 g/mol. The first-order valence-electron chi connectivity index (χ1n) is 8.30. The number of carbonyl (C=O) groups is 1. The minimum Gasteiger partial charge on any atom is -0.352 e. The zero-order valence-electron chi connectivity index (χ0n) is 14.3. The number of carbonyl (C=O) groups excluding carboxylic acids is 1. The molecule has 0 saturated heterocycles. The van der Waals surface area contributed by atoms with Gasteiger partial charge < -0.3 is 10.6 Å². The van der Waals surface area contributed by atoms with Crippen molar-refractivity contribution in [3.8, 4) is 0 Å². The Hall–Kier alpha value is -2.20. The van der Waals surface area contributed by atoms with Crippen LogP contribution in [0.3, 0.4) is 0 Å². The second-order valence-electron chi connectivity index (χ2n) is 6.27. The number of nitrogens with one attached hydrogen (secondary N) is 2. The van der Waals surface area contributed by atoms with Crippen molar-refractivity contribution in [3.05, 3.63) is 71.0 Å². The van der Waals surface area contributed by atoms with Crippen molar-refractivity contribution in [1.82, 2.24) is 10.6 Å². The maximum atomic E-state index is 13.2. The summed E-state index contributed by atoms with van der Waals surface area (Å²) in [6, 6.07) is 14.7. The minimum atomic E-state index is -0.231. The summed E-state index contributed by atoms with van der Waals surface area (Å²) < 4.78 is 13.2. The van der Waals surface area contributed by atoms with Crippen molar-refractivity contribution in [3.63, 3.8) is 0 Å². The minimum absolute atomic E-state index is 0.0261. The maximum absolute atomic E-state index is 13.2. The van der Waals surface area contributed by atoms with Crippen LogP contribution in [0.25, 0.3) is 0 Å². The van der Waals surface area contributed by atoms with E-state index in [-0.39, 0.29) is 17.6 Å². The summed E-state index contributed by atoms with van der Waals surface area (Å²) in [5.74, 6) is -0.0334. The molecule has 0 radical (unpaired) electrons. The first kappa shape index (κ1) is 18.1. The van der Waals surface area contributed by atoms with E-state index in [0.29, 0.717) is 19.4 Å². The molecule has 0 heterocycles. The maximum Gasteiger partial charge on any atom is 0.220 e. The van der Waals surface area contributed by atoms with Crippen molar-refractivity contribution >= 4 is 5.91 Å². The topological polar surface area (TPSA) is 41.1 Å². The van der Waals surface area contributed by atoms with Gasteiger partial charge in [0, 0.05) is 19.5 Å². The zero-order chi connectivity index (χ0) is 17.4. The van der Waals surface area contributed by atoms with E-state index < -0.39 is 0 Å². The van der Waals surface area contributed by atoms with Crippen LogP contribution in [-0.4, -0.2) is 13.0 Å². The van der Waals surface area contributed by atoms with E-state index >= 15 is 0 Å². The second-order valence-corrected chi connectivity index (χ2v) is 6.27. The highest BCUT2D eigenvalue weighted by atomic mass is 19.1. The molecule has 0 aliphatic carbocycles. The first-order valence-corrected chi connectivity index (χ1v) is 8.30. The zero-order valence-corrected chi connectivity index (χ0v) is 14.3. The number of benzene rings is 2. The molecule has 0 unspecified atom stereocenters. The van der Waals surface area contributed by atoms with Gasteiger partial charge in [-0.15, -0.1) is 0 Å². The molecular weight excluding hydrogens is 303 g/mol. The molecule has 2 aromatic rings. The molecule has 0 fully saturated rings. The van der Waals surface area contributed by atoms with Gasteiger partial charge in [-0.25, -0.2) is 4.39 Å². The molecule has 24 heavy (non-hydrogen) atoms. The number of halogens is 1. The Kier molecular flexibility index (Phi) is 6.94. The fourth-order valence-electron chi connectivity index (χ4n) is 2.71. The lowest BCUT2D eigenvalue weighted by Gasteiger charge is -2.12. The fourth-order valence-corrected chi connectivity index (χ4v) is 2.71. The third kappa shape index (κ3) is 6.13. The van der Waals surface area contributed by atoms with Crippen LogP contribution in [0, 0.1) is 11.7 Å². The molecule has 4 heteroatoms. The molecular formula is C20H25FN2O. The second kappa shape index (κ2) is 9.18. The first-order chi connectivity index (χ1) is 11.6. The molecule has 0 aliphatic heterocycles. The summed E-state index contributed by atoms with van der Waals surface area (Å²) >= 11 is 0. The van der Waals surface area contributed by atoms with E-state index in [1.54, 1.807) is 6.07 Å². The van der Waals surface area contributed by atoms with Gasteiger partial charge in [-0.1, -0.05) is 43.3 Å². The van der Waals surface area contributed by atoms with E-state index in [1.165, 1.54) is 17.7 Å². The lowest BCUT2D eigenvalue weighted by molar-refractivity contribution is -0.122. The number of hydrogen-bond donors (Lipinski definition) is 2. The van der Waals surface area contributed by atoms with Crippen LogP contribution in [0.15, 0.2) is 48.5 Å². The van der Waals surface area contributed by atoms with Gasteiger partial charge in [-0.05, 0) is 48.2 Å². The Morgan fingerprint density at radius 1 is 1.04 bits per heavy atom. The summed E-state index contributed by atoms with van der Waals surface area (Å²) in [5.41, 5.74) is 3.23. The van der Waals surface area contributed by atoms with Crippen molar-refractivity contribution in [2.24, 2.45) is 5.92 Å². The average molecular weight is 328 g/mol. The number of rotatable bonds is 8. The normalized spacial score (nSPS) is 12.0. The van der Waals surface area contributed by atoms with E-state index in [9.17, 15) is 9.18 Å². The van der Waals surface area contributed by atoms with Crippen molar-refractivity contribution in [2.45, 2.75) is 32.9 Å². The SMILES string of the molecule is CNCc1ccc(CNC(=O)C[C@@H](C)Cc2cccc(F)c2)cc1. The highest BCUT2D eigenvalue weighted by Gasteiger charge is 2.10. The predicted octanol–water partition coefficient (Wildman–Crippen LogP) is 3.43. The molecule has 1 atom stereocenters. The van der Waals surface area contributed by atoms with Crippen LogP contribution in [0.4, 0.5) is 4.39 Å². The van der Waals surface area contributed by atoms with Gasteiger partial charge in [-0.3, -0.25) is 4.79 Å². The van der Waals surface area contributed by atoms with Gasteiger partial charge in [0.25, 0.3) is 0 Å². The number of hydrogen-bond acceptors (Lipinski definition) is 2. The van der Waals surface area contributed by atoms with Gasteiger partial charge in [0.2, 0.25) is 5.91 Å². The molecule has 0 aliphatic rings. The third-order valence-electron chi connectivity index (χ3n) is 3.90. The summed E-state index contributed by atoms with van der Waals surface area (Å²) in [6.45, 7) is 3.38. The number of amides is 1. The molecule has 0 saturated carbocycles. The molecule has 2 aromatic carbocycles. The Morgan fingerprint density at radius 2 is 1.71 bits per heavy atom. The summed E-state index contributed by atoms with van der Waals surface area (Å²) in [6.07, 6.45) is 1.14. The van der Waals surface area contributed by atoms with E-state index in [2.05, 4.69) is 22.8 Å². The highest BCUT2D eigenvalue weighted by molar-refractivity contribution is 5.76. The summed E-state index contributed by atoms with van der Waals surface area (Å²) in [4.78, 5) is 12.1. The molecule has 3 nitrogen and oxygen atoms in total. The van der Waals surface area contributed by atoms with Gasteiger partial charge in [0.1, 0.15) is 5.82 Å². The van der Waals surface area contributed by atoms with E-state index in [4.69, 9.17) is 0 Å². The summed E-state index contributed by atoms with van der Waals surface area (Å²) in [7, 11) is 1.92. The van der Waals surface area contributed by atoms with E-state index in [0.717, 1.165) is 17.7 Å². The third-order valence-corrected chi connectivity index (χ3v) is 3.90. The molecule has 0 bridgehead atoms. The van der Waals surface area contributed by atoms with Crippen LogP contribution < -0.4 is 10.6 Å². The van der Waals surface area contributed by atoms with Crippen LogP contribution in [0.2, 0.25) is 0 Å². The Morgan fingerprint density at radius 3 is 2.33 bits per heavy atom. The van der Waals surface area contributed by atoms with Gasteiger partial charge >= 0.3 is 0 Å². The Bertz CT molecular complexity index is 655. The Labute approximate surface area is 143 Å². The standard InChI is InChI=1S/C20H25FN2O/c1-15(10-18-4-3-5-19(21)12-18)11-20(24)23-14-17-8-6-16(7-9-17)13-22-2/h3-9,12,15,22H,10-11,13-14H2,1-2H3,(H,23,24)/t15-/m0/s1. The lowest BCUT2D eigenvalue weighted by Crippen LogP contribution is -2.25. The van der Waals surface area contributed by atoms with Gasteiger partial charge in [0.15, 0.2) is 0 Å². The largest absolute Gasteiger partial charge is 0.352 e. The predicted molar refractivity (Wildman–Crippen MR) is 94.9 cm³/mol. The quantitative estimate of drug-likeness (QED) is 0.779. The molecule has 0 aromatic heterocycles. The molecule has 2 rings (SSSR count). The van der Waals surface area contributed by atoms with Crippen molar-refractivity contribution in [1.29, 1.82) is 0 Å². The lowest BCUT2D eigenvalue weighted by atomic mass is 9.97. The molecule has 128 valence electrons. The highest BCUT2D eigenvalue weighted by Crippen LogP contribution is 2.13. The van der Waals surface area contributed by atoms with E-state index in [1.807, 2.05) is 32.2 Å². The molecule has 2 N–H and O–H groups in total.